The third-order valence-corrected chi connectivity index (χ3v) is 3.99. The Balaban J connectivity index is 2.68. The summed E-state index contributed by atoms with van der Waals surface area (Å²) in [7, 11) is 3.71. The maximum absolute atomic E-state index is 12.5. The average molecular weight is 392 g/mol. The quantitative estimate of drug-likeness (QED) is 0.572. The fourth-order valence-corrected chi connectivity index (χ4v) is 2.77. The van der Waals surface area contributed by atoms with Crippen LogP contribution in [0.25, 0.3) is 0 Å². The number of hydrogen-bond acceptors (Lipinski definition) is 9. The summed E-state index contributed by atoms with van der Waals surface area (Å²) in [6.07, 6.45) is 0. The number of nitrogens with zero attached hydrogens (tertiary/aromatic N) is 1. The summed E-state index contributed by atoms with van der Waals surface area (Å²) in [5.41, 5.74) is 1.40. The summed E-state index contributed by atoms with van der Waals surface area (Å²) >= 11 is 0. The van der Waals surface area contributed by atoms with E-state index in [0.717, 1.165) is 0 Å². The van der Waals surface area contributed by atoms with Crippen LogP contribution in [0.2, 0.25) is 0 Å². The fourth-order valence-electron chi connectivity index (χ4n) is 2.77. The van der Waals surface area contributed by atoms with Crippen molar-refractivity contribution in [3.63, 3.8) is 0 Å². The van der Waals surface area contributed by atoms with E-state index in [1.165, 1.54) is 26.2 Å². The SMILES string of the molecule is COC(=O)C1=C(C(=O)OC)N(c2cc(C(=O)OC)ccc2NC(C)C)COC1. The Morgan fingerprint density at radius 1 is 1.04 bits per heavy atom. The van der Waals surface area contributed by atoms with Crippen LogP contribution in [0.1, 0.15) is 24.2 Å². The molecule has 9 nitrogen and oxygen atoms in total. The Hall–Kier alpha value is -3.07. The first kappa shape index (κ1) is 21.2. The van der Waals surface area contributed by atoms with Gasteiger partial charge in [0.1, 0.15) is 12.4 Å². The highest BCUT2D eigenvalue weighted by atomic mass is 16.5. The molecule has 0 bridgehead atoms. The van der Waals surface area contributed by atoms with E-state index in [1.54, 1.807) is 18.2 Å². The number of nitrogens with one attached hydrogen (secondary N) is 1. The van der Waals surface area contributed by atoms with Crippen LogP contribution in [0.15, 0.2) is 29.5 Å². The molecular weight excluding hydrogens is 368 g/mol. The zero-order valence-electron chi connectivity index (χ0n) is 16.5. The van der Waals surface area contributed by atoms with E-state index in [-0.39, 0.29) is 36.2 Å². The number of hydrogen-bond donors (Lipinski definition) is 1. The van der Waals surface area contributed by atoms with Gasteiger partial charge in [0.25, 0.3) is 0 Å². The van der Waals surface area contributed by atoms with E-state index >= 15 is 0 Å². The molecule has 9 heteroatoms. The van der Waals surface area contributed by atoms with E-state index < -0.39 is 17.9 Å². The van der Waals surface area contributed by atoms with Crippen molar-refractivity contribution >= 4 is 29.3 Å². The van der Waals surface area contributed by atoms with Gasteiger partial charge in [-0.1, -0.05) is 0 Å². The van der Waals surface area contributed by atoms with Gasteiger partial charge >= 0.3 is 17.9 Å². The number of esters is 3. The standard InChI is InChI=1S/C19H24N2O7/c1-11(2)20-14-7-6-12(17(22)25-3)8-15(14)21-10-28-9-13(18(23)26-4)16(21)19(24)27-5/h6-8,11,20H,9-10H2,1-5H3. The predicted octanol–water partition coefficient (Wildman–Crippen LogP) is 1.69. The van der Waals surface area contributed by atoms with Crippen LogP contribution < -0.4 is 10.2 Å². The van der Waals surface area contributed by atoms with Crippen molar-refractivity contribution in [2.45, 2.75) is 19.9 Å². The van der Waals surface area contributed by atoms with Gasteiger partial charge in [0.2, 0.25) is 0 Å². The number of ether oxygens (including phenoxy) is 4. The number of benzene rings is 1. The minimum absolute atomic E-state index is 0.00516. The zero-order valence-corrected chi connectivity index (χ0v) is 16.5. The second-order valence-corrected chi connectivity index (χ2v) is 6.24. The van der Waals surface area contributed by atoms with Crippen molar-refractivity contribution in [2.24, 2.45) is 0 Å². The number of rotatable bonds is 6. The highest BCUT2D eigenvalue weighted by Gasteiger charge is 2.33. The van der Waals surface area contributed by atoms with E-state index in [1.807, 2.05) is 13.8 Å². The highest BCUT2D eigenvalue weighted by Crippen LogP contribution is 2.34. The summed E-state index contributed by atoms with van der Waals surface area (Å²) in [5, 5.41) is 3.25. The molecule has 0 unspecified atom stereocenters. The van der Waals surface area contributed by atoms with Gasteiger partial charge in [-0.05, 0) is 32.0 Å². The van der Waals surface area contributed by atoms with Crippen molar-refractivity contribution in [3.8, 4) is 0 Å². The molecule has 1 aromatic carbocycles. The van der Waals surface area contributed by atoms with Gasteiger partial charge in [-0.2, -0.15) is 0 Å². The third-order valence-electron chi connectivity index (χ3n) is 3.99. The van der Waals surface area contributed by atoms with E-state index in [2.05, 4.69) is 5.32 Å². The molecule has 0 fully saturated rings. The van der Waals surface area contributed by atoms with Gasteiger partial charge in [0, 0.05) is 6.04 Å². The highest BCUT2D eigenvalue weighted by molar-refractivity contribution is 6.04. The molecule has 0 saturated heterocycles. The molecule has 0 spiro atoms. The van der Waals surface area contributed by atoms with Crippen LogP contribution in [-0.2, 0) is 28.5 Å². The van der Waals surface area contributed by atoms with Crippen molar-refractivity contribution in [1.29, 1.82) is 0 Å². The molecule has 1 aromatic rings. The molecule has 0 saturated carbocycles. The van der Waals surface area contributed by atoms with Crippen molar-refractivity contribution in [1.82, 2.24) is 0 Å². The van der Waals surface area contributed by atoms with Crippen LogP contribution >= 0.6 is 0 Å². The fraction of sp³-hybridized carbons (Fsp3) is 0.421. The van der Waals surface area contributed by atoms with Crippen LogP contribution in [0, 0.1) is 0 Å². The molecule has 0 amide bonds. The Labute approximate surface area is 163 Å². The second kappa shape index (κ2) is 9.23. The molecule has 0 aliphatic carbocycles. The number of methoxy groups -OCH3 is 3. The molecule has 1 aliphatic heterocycles. The summed E-state index contributed by atoms with van der Waals surface area (Å²) in [6.45, 7) is 3.77. The van der Waals surface area contributed by atoms with Gasteiger partial charge < -0.3 is 29.2 Å². The Kier molecular flexibility index (Phi) is 7.00. The summed E-state index contributed by atoms with van der Waals surface area (Å²) in [6, 6.07) is 4.93. The van der Waals surface area contributed by atoms with E-state index in [0.29, 0.717) is 11.4 Å². The molecule has 28 heavy (non-hydrogen) atoms. The molecule has 0 aromatic heterocycles. The normalized spacial score (nSPS) is 14.0. The van der Waals surface area contributed by atoms with E-state index in [9.17, 15) is 14.4 Å². The Morgan fingerprint density at radius 2 is 1.68 bits per heavy atom. The average Bonchev–Trinajstić information content (AvgIpc) is 2.71. The first-order valence-electron chi connectivity index (χ1n) is 8.58. The lowest BCUT2D eigenvalue weighted by molar-refractivity contribution is -0.140. The molecule has 2 rings (SSSR count). The maximum atomic E-state index is 12.5. The first-order chi connectivity index (χ1) is 13.3. The maximum Gasteiger partial charge on any atom is 0.355 e. The lowest BCUT2D eigenvalue weighted by atomic mass is 10.1. The monoisotopic (exact) mass is 392 g/mol. The molecule has 0 radical (unpaired) electrons. The Bertz CT molecular complexity index is 801. The lowest BCUT2D eigenvalue weighted by Gasteiger charge is -2.33. The smallest absolute Gasteiger partial charge is 0.355 e. The molecule has 0 atom stereocenters. The summed E-state index contributed by atoms with van der Waals surface area (Å²) in [5.74, 6) is -1.96. The van der Waals surface area contributed by atoms with E-state index in [4.69, 9.17) is 18.9 Å². The second-order valence-electron chi connectivity index (χ2n) is 6.24. The Morgan fingerprint density at radius 3 is 2.25 bits per heavy atom. The van der Waals surface area contributed by atoms with Crippen molar-refractivity contribution < 1.29 is 33.3 Å². The topological polar surface area (TPSA) is 103 Å². The summed E-state index contributed by atoms with van der Waals surface area (Å²) < 4.78 is 19.9. The number of carbonyl (C=O) groups excluding carboxylic acids is 3. The van der Waals surface area contributed by atoms with Crippen molar-refractivity contribution in [2.75, 3.05) is 44.9 Å². The molecule has 1 heterocycles. The lowest BCUT2D eigenvalue weighted by Crippen LogP contribution is -2.39. The van der Waals surface area contributed by atoms with Crippen LogP contribution in [0.5, 0.6) is 0 Å². The predicted molar refractivity (Wildman–Crippen MR) is 101 cm³/mol. The zero-order chi connectivity index (χ0) is 20.8. The summed E-state index contributed by atoms with van der Waals surface area (Å²) in [4.78, 5) is 38.1. The van der Waals surface area contributed by atoms with Crippen LogP contribution in [0.4, 0.5) is 11.4 Å². The number of carbonyl (C=O) groups is 3. The van der Waals surface area contributed by atoms with Gasteiger partial charge in [-0.25, -0.2) is 14.4 Å². The first-order valence-corrected chi connectivity index (χ1v) is 8.58. The van der Waals surface area contributed by atoms with Gasteiger partial charge in [-0.3, -0.25) is 0 Å². The third kappa shape index (κ3) is 4.42. The molecule has 1 aliphatic rings. The molecular formula is C19H24N2O7. The minimum atomic E-state index is -0.720. The van der Waals surface area contributed by atoms with Gasteiger partial charge in [0.15, 0.2) is 0 Å². The molecule has 1 N–H and O–H groups in total. The largest absolute Gasteiger partial charge is 0.466 e. The molecule has 152 valence electrons. The number of anilines is 2. The van der Waals surface area contributed by atoms with Gasteiger partial charge in [0.05, 0.1) is 50.4 Å². The van der Waals surface area contributed by atoms with Crippen LogP contribution in [0.3, 0.4) is 0 Å². The minimum Gasteiger partial charge on any atom is -0.466 e. The van der Waals surface area contributed by atoms with Gasteiger partial charge in [-0.15, -0.1) is 0 Å². The van der Waals surface area contributed by atoms with Crippen molar-refractivity contribution in [3.05, 3.63) is 35.0 Å². The van der Waals surface area contributed by atoms with Crippen LogP contribution in [-0.4, -0.2) is 58.6 Å².